The van der Waals surface area contributed by atoms with E-state index in [0.29, 0.717) is 0 Å². The summed E-state index contributed by atoms with van der Waals surface area (Å²) in [6.07, 6.45) is 0. The van der Waals surface area contributed by atoms with Crippen LogP contribution >= 0.6 is 23.2 Å². The number of aliphatic hydroxyl groups is 2. The van der Waals surface area contributed by atoms with Gasteiger partial charge in [0.15, 0.2) is 0 Å². The van der Waals surface area contributed by atoms with Gasteiger partial charge in [-0.3, -0.25) is 9.59 Å². The average molecular weight is 427 g/mol. The zero-order valence-corrected chi connectivity index (χ0v) is 15.3. The number of carbonyl (C=O) groups is 4. The Morgan fingerprint density at radius 1 is 0.679 bits per heavy atom. The Morgan fingerprint density at radius 2 is 1.14 bits per heavy atom. The lowest BCUT2D eigenvalue weighted by molar-refractivity contribution is -0.187. The summed E-state index contributed by atoms with van der Waals surface area (Å²) in [6.45, 7) is 0. The first kappa shape index (κ1) is 21.5. The lowest BCUT2D eigenvalue weighted by atomic mass is 9.73. The van der Waals surface area contributed by atoms with Gasteiger partial charge in [0, 0.05) is 11.1 Å². The Bertz CT molecular complexity index is 975. The number of rotatable bonds is 7. The van der Waals surface area contributed by atoms with Crippen molar-refractivity contribution in [1.82, 2.24) is 0 Å². The van der Waals surface area contributed by atoms with E-state index in [2.05, 4.69) is 0 Å². The highest BCUT2D eigenvalue weighted by Crippen LogP contribution is 2.33. The molecule has 0 unspecified atom stereocenters. The van der Waals surface area contributed by atoms with E-state index >= 15 is 0 Å². The quantitative estimate of drug-likeness (QED) is 0.385. The Morgan fingerprint density at radius 3 is 1.57 bits per heavy atom. The predicted octanol–water partition coefficient (Wildman–Crippen LogP) is 1.69. The number of carboxylic acid groups (broad SMARTS) is 2. The SMILES string of the molecule is O=C(O)[C@](O)(C(=O)c1ccccc1)[C@](O)(C(=O)O)C(=O)c1ccc(Cl)c(Cl)c1. The van der Waals surface area contributed by atoms with Crippen LogP contribution in [0.25, 0.3) is 0 Å². The first-order chi connectivity index (χ1) is 13.0. The van der Waals surface area contributed by atoms with Gasteiger partial charge < -0.3 is 20.4 Å². The molecular formula is C18H12Cl2O8. The fourth-order valence-electron chi connectivity index (χ4n) is 2.48. The second-order valence-electron chi connectivity index (χ2n) is 5.68. The molecule has 0 saturated heterocycles. The summed E-state index contributed by atoms with van der Waals surface area (Å²) in [5.74, 6) is -8.34. The molecule has 10 heteroatoms. The van der Waals surface area contributed by atoms with Crippen LogP contribution in [0.2, 0.25) is 10.0 Å². The molecule has 0 aliphatic heterocycles. The topological polar surface area (TPSA) is 149 Å². The van der Waals surface area contributed by atoms with Crippen LogP contribution in [0.3, 0.4) is 0 Å². The van der Waals surface area contributed by atoms with E-state index in [1.807, 2.05) is 0 Å². The van der Waals surface area contributed by atoms with Crippen LogP contribution in [-0.2, 0) is 9.59 Å². The summed E-state index contributed by atoms with van der Waals surface area (Å²) in [6, 6.07) is 9.20. The van der Waals surface area contributed by atoms with Crippen molar-refractivity contribution in [2.24, 2.45) is 0 Å². The van der Waals surface area contributed by atoms with E-state index in [9.17, 15) is 39.6 Å². The number of carbonyl (C=O) groups excluding carboxylic acids is 2. The Balaban J connectivity index is 2.72. The third kappa shape index (κ3) is 3.27. The third-order valence-electron chi connectivity index (χ3n) is 4.02. The fourth-order valence-corrected chi connectivity index (χ4v) is 2.78. The zero-order chi connectivity index (χ0) is 21.3. The van der Waals surface area contributed by atoms with Crippen LogP contribution in [0, 0.1) is 0 Å². The van der Waals surface area contributed by atoms with E-state index in [0.717, 1.165) is 30.3 Å². The second kappa shape index (κ2) is 7.69. The molecule has 0 saturated carbocycles. The molecule has 0 fully saturated rings. The standard InChI is InChI=1S/C18H12Cl2O8/c19-11-7-6-10(8-12(11)20)14(22)18(28,16(25)26)17(27,15(23)24)13(21)9-4-2-1-3-5-9/h1-8,27-28H,(H,23,24)(H,25,26)/t17-,18-/m1/s1. The lowest BCUT2D eigenvalue weighted by Gasteiger charge is -2.34. The molecule has 0 spiro atoms. The number of hydrogen-bond donors (Lipinski definition) is 4. The first-order valence-electron chi connectivity index (χ1n) is 7.49. The van der Waals surface area contributed by atoms with Gasteiger partial charge in [0.25, 0.3) is 11.2 Å². The largest absolute Gasteiger partial charge is 0.479 e. The van der Waals surface area contributed by atoms with Crippen molar-refractivity contribution in [3.8, 4) is 0 Å². The number of benzene rings is 2. The molecule has 2 aromatic rings. The van der Waals surface area contributed by atoms with Crippen LogP contribution in [0.4, 0.5) is 0 Å². The van der Waals surface area contributed by atoms with Crippen molar-refractivity contribution in [2.75, 3.05) is 0 Å². The second-order valence-corrected chi connectivity index (χ2v) is 6.50. The summed E-state index contributed by atoms with van der Waals surface area (Å²) >= 11 is 11.5. The fraction of sp³-hybridized carbons (Fsp3) is 0.111. The maximum Gasteiger partial charge on any atom is 0.348 e. The van der Waals surface area contributed by atoms with Gasteiger partial charge >= 0.3 is 11.9 Å². The number of Topliss-reactive ketones (excluding diaryl/α,β-unsaturated/α-hetero) is 2. The number of halogens is 2. The van der Waals surface area contributed by atoms with E-state index in [-0.39, 0.29) is 10.0 Å². The Labute approximate surface area is 167 Å². The molecular weight excluding hydrogens is 415 g/mol. The van der Waals surface area contributed by atoms with Gasteiger partial charge in [-0.25, -0.2) is 9.59 Å². The van der Waals surface area contributed by atoms with E-state index in [1.165, 1.54) is 18.2 Å². The van der Waals surface area contributed by atoms with Gasteiger partial charge in [-0.05, 0) is 18.2 Å². The Hall–Kier alpha value is -2.78. The molecule has 0 amide bonds. The normalized spacial score (nSPS) is 15.1. The summed E-state index contributed by atoms with van der Waals surface area (Å²) in [5.41, 5.74) is -9.12. The monoisotopic (exact) mass is 426 g/mol. The molecule has 28 heavy (non-hydrogen) atoms. The average Bonchev–Trinajstić information content (AvgIpc) is 2.67. The summed E-state index contributed by atoms with van der Waals surface area (Å²) in [4.78, 5) is 48.9. The molecule has 146 valence electrons. The van der Waals surface area contributed by atoms with Crippen LogP contribution in [0.1, 0.15) is 20.7 Å². The summed E-state index contributed by atoms with van der Waals surface area (Å²) < 4.78 is 0. The minimum absolute atomic E-state index is 0.00839. The number of aliphatic carboxylic acids is 2. The van der Waals surface area contributed by atoms with Crippen molar-refractivity contribution in [3.63, 3.8) is 0 Å². The van der Waals surface area contributed by atoms with Crippen molar-refractivity contribution in [2.45, 2.75) is 11.2 Å². The van der Waals surface area contributed by atoms with Gasteiger partial charge in [0.2, 0.25) is 11.6 Å². The van der Waals surface area contributed by atoms with Crippen LogP contribution in [-0.4, -0.2) is 55.1 Å². The molecule has 2 rings (SSSR count). The predicted molar refractivity (Wildman–Crippen MR) is 96.7 cm³/mol. The van der Waals surface area contributed by atoms with Crippen molar-refractivity contribution in [1.29, 1.82) is 0 Å². The maximum atomic E-state index is 12.8. The molecule has 0 radical (unpaired) electrons. The molecule has 0 aliphatic rings. The van der Waals surface area contributed by atoms with Gasteiger partial charge in [0.05, 0.1) is 10.0 Å². The van der Waals surface area contributed by atoms with Crippen LogP contribution in [0.15, 0.2) is 48.5 Å². The lowest BCUT2D eigenvalue weighted by Crippen LogP contribution is -2.71. The van der Waals surface area contributed by atoms with Gasteiger partial charge in [0.1, 0.15) is 0 Å². The van der Waals surface area contributed by atoms with Crippen molar-refractivity contribution in [3.05, 3.63) is 69.7 Å². The van der Waals surface area contributed by atoms with Crippen LogP contribution < -0.4 is 0 Å². The van der Waals surface area contributed by atoms with E-state index in [1.54, 1.807) is 0 Å². The number of hydrogen-bond acceptors (Lipinski definition) is 6. The molecule has 4 N–H and O–H groups in total. The highest BCUT2D eigenvalue weighted by Gasteiger charge is 2.69. The molecule has 2 atom stereocenters. The van der Waals surface area contributed by atoms with Gasteiger partial charge in [-0.15, -0.1) is 0 Å². The first-order valence-corrected chi connectivity index (χ1v) is 8.24. The minimum atomic E-state index is -4.07. The highest BCUT2D eigenvalue weighted by molar-refractivity contribution is 6.42. The van der Waals surface area contributed by atoms with Crippen molar-refractivity contribution >= 4 is 46.7 Å². The smallest absolute Gasteiger partial charge is 0.348 e. The summed E-state index contributed by atoms with van der Waals surface area (Å²) in [5, 5.41) is 39.9. The number of carboxylic acids is 2. The molecule has 0 heterocycles. The third-order valence-corrected chi connectivity index (χ3v) is 4.76. The zero-order valence-electron chi connectivity index (χ0n) is 13.8. The molecule has 2 aromatic carbocycles. The van der Waals surface area contributed by atoms with Crippen LogP contribution in [0.5, 0.6) is 0 Å². The highest BCUT2D eigenvalue weighted by atomic mass is 35.5. The number of ketones is 2. The Kier molecular flexibility index (Phi) is 5.91. The molecule has 0 bridgehead atoms. The maximum absolute atomic E-state index is 12.8. The molecule has 0 aliphatic carbocycles. The van der Waals surface area contributed by atoms with E-state index < -0.39 is 45.8 Å². The summed E-state index contributed by atoms with van der Waals surface area (Å²) in [7, 11) is 0. The van der Waals surface area contributed by atoms with Gasteiger partial charge in [-0.2, -0.15) is 0 Å². The van der Waals surface area contributed by atoms with E-state index in [4.69, 9.17) is 23.2 Å². The van der Waals surface area contributed by atoms with Gasteiger partial charge in [-0.1, -0.05) is 53.5 Å². The molecule has 8 nitrogen and oxygen atoms in total. The van der Waals surface area contributed by atoms with Crippen molar-refractivity contribution < 1.29 is 39.6 Å². The molecule has 0 aromatic heterocycles. The minimum Gasteiger partial charge on any atom is -0.479 e.